The number of hydrogen-bond donors (Lipinski definition) is 3. The Labute approximate surface area is 80.3 Å². The van der Waals surface area contributed by atoms with Gasteiger partial charge in [0.1, 0.15) is 6.10 Å². The van der Waals surface area contributed by atoms with Gasteiger partial charge in [0.15, 0.2) is 0 Å². The van der Waals surface area contributed by atoms with Gasteiger partial charge in [0.25, 0.3) is 0 Å². The molecule has 82 valence electrons. The molecule has 1 rings (SSSR count). The Morgan fingerprint density at radius 1 is 1.36 bits per heavy atom. The van der Waals surface area contributed by atoms with Crippen molar-refractivity contribution < 1.29 is 29.9 Å². The Hall–Kier alpha value is -0.730. The number of carbonyl (C=O) groups is 1. The third-order valence-electron chi connectivity index (χ3n) is 2.33. The molecule has 0 aliphatic heterocycles. The summed E-state index contributed by atoms with van der Waals surface area (Å²) in [5, 5.41) is 25.1. The van der Waals surface area contributed by atoms with Crippen LogP contribution < -0.4 is 0 Å². The Morgan fingerprint density at radius 2 is 1.93 bits per heavy atom. The molecular formula is C7H13NO6. The lowest BCUT2D eigenvalue weighted by molar-refractivity contribution is -0.507. The number of rotatable bonds is 4. The van der Waals surface area contributed by atoms with E-state index in [1.54, 1.807) is 0 Å². The molecule has 1 saturated carbocycles. The second-order valence-electron chi connectivity index (χ2n) is 3.18. The number of carboxylic acid groups (broad SMARTS) is 1. The first kappa shape index (κ1) is 11.3. The van der Waals surface area contributed by atoms with Crippen LogP contribution in [0.3, 0.4) is 0 Å². The van der Waals surface area contributed by atoms with Crippen LogP contribution in [0.4, 0.5) is 0 Å². The Morgan fingerprint density at radius 3 is 2.36 bits per heavy atom. The van der Waals surface area contributed by atoms with E-state index in [0.717, 1.165) is 0 Å². The zero-order chi connectivity index (χ0) is 10.7. The van der Waals surface area contributed by atoms with E-state index < -0.39 is 29.5 Å². The maximum absolute atomic E-state index is 10.6. The minimum atomic E-state index is -0.930. The van der Waals surface area contributed by atoms with E-state index in [0.29, 0.717) is 6.42 Å². The fraction of sp³-hybridized carbons (Fsp3) is 0.857. The molecule has 3 N–H and O–H groups in total. The summed E-state index contributed by atoms with van der Waals surface area (Å²) in [6.07, 6.45) is -0.565. The highest BCUT2D eigenvalue weighted by Crippen LogP contribution is 2.30. The smallest absolute Gasteiger partial charge is 0.306 e. The number of aliphatic carboxylic acids is 1. The number of methoxy groups -OCH3 is 1. The molecule has 1 aliphatic carbocycles. The fourth-order valence-corrected chi connectivity index (χ4v) is 1.64. The molecule has 0 saturated heterocycles. The third-order valence-corrected chi connectivity index (χ3v) is 2.33. The number of hydrogen-bond acceptors (Lipinski definition) is 6. The average Bonchev–Trinajstić information content (AvgIpc) is 2.46. The first-order chi connectivity index (χ1) is 6.54. The van der Waals surface area contributed by atoms with Crippen LogP contribution in [0.15, 0.2) is 0 Å². The molecule has 0 aromatic carbocycles. The van der Waals surface area contributed by atoms with Crippen LogP contribution in [0.5, 0.6) is 0 Å². The van der Waals surface area contributed by atoms with Crippen LogP contribution in [-0.2, 0) is 14.4 Å². The molecule has 3 atom stereocenters. The van der Waals surface area contributed by atoms with E-state index in [4.69, 9.17) is 20.3 Å². The lowest BCUT2D eigenvalue weighted by atomic mass is 10.1. The molecule has 7 heteroatoms. The zero-order valence-electron chi connectivity index (χ0n) is 7.66. The number of carboxylic acids is 1. The lowest BCUT2D eigenvalue weighted by Gasteiger charge is -2.18. The number of nitrogens with zero attached hydrogens (tertiary/aromatic N) is 1. The SMILES string of the molecule is COC1CC(C(=O)O)C[C@@H]1ON(O)O. The molecule has 2 unspecified atom stereocenters. The molecule has 0 amide bonds. The molecule has 0 aromatic rings. The van der Waals surface area contributed by atoms with Gasteiger partial charge in [-0.25, -0.2) is 4.84 Å². The Balaban J connectivity index is 2.53. The second-order valence-corrected chi connectivity index (χ2v) is 3.18. The molecule has 0 spiro atoms. The van der Waals surface area contributed by atoms with Gasteiger partial charge in [-0.15, -0.1) is 0 Å². The van der Waals surface area contributed by atoms with E-state index in [-0.39, 0.29) is 6.42 Å². The van der Waals surface area contributed by atoms with Crippen molar-refractivity contribution in [2.75, 3.05) is 7.11 Å². The van der Waals surface area contributed by atoms with Crippen molar-refractivity contribution in [3.63, 3.8) is 0 Å². The predicted octanol–water partition coefficient (Wildman–Crippen LogP) is -0.123. The van der Waals surface area contributed by atoms with Crippen LogP contribution >= 0.6 is 0 Å². The van der Waals surface area contributed by atoms with Crippen molar-refractivity contribution >= 4 is 5.97 Å². The average molecular weight is 207 g/mol. The lowest BCUT2D eigenvalue weighted by Crippen LogP contribution is -2.31. The van der Waals surface area contributed by atoms with Gasteiger partial charge in [0.05, 0.1) is 17.4 Å². The van der Waals surface area contributed by atoms with Crippen molar-refractivity contribution in [1.82, 2.24) is 5.39 Å². The van der Waals surface area contributed by atoms with Gasteiger partial charge in [-0.05, 0) is 12.8 Å². The van der Waals surface area contributed by atoms with Gasteiger partial charge >= 0.3 is 5.97 Å². The van der Waals surface area contributed by atoms with Gasteiger partial charge in [-0.1, -0.05) is 0 Å². The van der Waals surface area contributed by atoms with Crippen LogP contribution in [0.25, 0.3) is 0 Å². The molecule has 0 aromatic heterocycles. The van der Waals surface area contributed by atoms with Gasteiger partial charge in [-0.3, -0.25) is 15.2 Å². The molecule has 1 fully saturated rings. The van der Waals surface area contributed by atoms with Crippen LogP contribution in [0, 0.1) is 5.92 Å². The number of ether oxygens (including phenoxy) is 1. The summed E-state index contributed by atoms with van der Waals surface area (Å²) in [4.78, 5) is 15.2. The maximum atomic E-state index is 10.6. The highest BCUT2D eigenvalue weighted by molar-refractivity contribution is 5.70. The normalized spacial score (nSPS) is 32.4. The third kappa shape index (κ3) is 2.63. The molecule has 0 heterocycles. The van der Waals surface area contributed by atoms with E-state index in [2.05, 4.69) is 4.84 Å². The van der Waals surface area contributed by atoms with E-state index >= 15 is 0 Å². The summed E-state index contributed by atoms with van der Waals surface area (Å²) in [6.45, 7) is 0. The molecule has 7 nitrogen and oxygen atoms in total. The van der Waals surface area contributed by atoms with Crippen molar-refractivity contribution in [3.8, 4) is 0 Å². The minimum Gasteiger partial charge on any atom is -0.481 e. The largest absolute Gasteiger partial charge is 0.481 e. The first-order valence-corrected chi connectivity index (χ1v) is 4.14. The highest BCUT2D eigenvalue weighted by atomic mass is 17.1. The van der Waals surface area contributed by atoms with Crippen LogP contribution in [-0.4, -0.2) is 46.2 Å². The maximum Gasteiger partial charge on any atom is 0.306 e. The summed E-state index contributed by atoms with van der Waals surface area (Å²) in [7, 11) is 1.42. The summed E-state index contributed by atoms with van der Waals surface area (Å²) in [6, 6.07) is 0. The van der Waals surface area contributed by atoms with Crippen molar-refractivity contribution in [3.05, 3.63) is 0 Å². The van der Waals surface area contributed by atoms with E-state index in [1.165, 1.54) is 7.11 Å². The summed E-state index contributed by atoms with van der Waals surface area (Å²) in [5.74, 6) is -1.49. The minimum absolute atomic E-state index is 0.200. The first-order valence-electron chi connectivity index (χ1n) is 4.14. The topological polar surface area (TPSA) is 99.5 Å². The molecule has 0 radical (unpaired) electrons. The summed E-state index contributed by atoms with van der Waals surface area (Å²) >= 11 is 0. The predicted molar refractivity (Wildman–Crippen MR) is 41.4 cm³/mol. The van der Waals surface area contributed by atoms with Crippen molar-refractivity contribution in [2.24, 2.45) is 5.92 Å². The summed E-state index contributed by atoms with van der Waals surface area (Å²) < 4.78 is 4.97. The second kappa shape index (κ2) is 4.67. The van der Waals surface area contributed by atoms with Crippen molar-refractivity contribution in [2.45, 2.75) is 25.0 Å². The van der Waals surface area contributed by atoms with Crippen LogP contribution in [0.1, 0.15) is 12.8 Å². The van der Waals surface area contributed by atoms with Crippen LogP contribution in [0.2, 0.25) is 0 Å². The standard InChI is InChI=1S/C7H13NO6/c1-13-5-2-4(7(9)10)3-6(5)14-8(11)12/h4-6,11-12H,2-3H2,1H3,(H,9,10)/t4?,5?,6-/m0/s1. The van der Waals surface area contributed by atoms with Gasteiger partial charge in [0.2, 0.25) is 0 Å². The molecule has 0 bridgehead atoms. The molecule has 1 aliphatic rings. The highest BCUT2D eigenvalue weighted by Gasteiger charge is 2.40. The summed E-state index contributed by atoms with van der Waals surface area (Å²) in [5.41, 5.74) is 0. The van der Waals surface area contributed by atoms with E-state index in [9.17, 15) is 4.79 Å². The zero-order valence-corrected chi connectivity index (χ0v) is 7.66. The van der Waals surface area contributed by atoms with Gasteiger partial charge in [0, 0.05) is 7.11 Å². The fourth-order valence-electron chi connectivity index (χ4n) is 1.64. The van der Waals surface area contributed by atoms with E-state index in [1.807, 2.05) is 0 Å². The molecule has 14 heavy (non-hydrogen) atoms. The quantitative estimate of drug-likeness (QED) is 0.552. The Kier molecular flexibility index (Phi) is 3.78. The van der Waals surface area contributed by atoms with Crippen molar-refractivity contribution in [1.29, 1.82) is 0 Å². The van der Waals surface area contributed by atoms with Gasteiger partial charge in [-0.2, -0.15) is 0 Å². The Bertz CT molecular complexity index is 208. The monoisotopic (exact) mass is 207 g/mol. The molecular weight excluding hydrogens is 194 g/mol. The van der Waals surface area contributed by atoms with Gasteiger partial charge < -0.3 is 9.84 Å².